The average Bonchev–Trinajstić information content (AvgIpc) is 3.30. The summed E-state index contributed by atoms with van der Waals surface area (Å²) in [6.07, 6.45) is 4.55. The van der Waals surface area contributed by atoms with Crippen LogP contribution in [0.3, 0.4) is 0 Å². The van der Waals surface area contributed by atoms with Crippen molar-refractivity contribution in [3.05, 3.63) is 65.8 Å². The van der Waals surface area contributed by atoms with Crippen LogP contribution in [0.2, 0.25) is 0 Å². The van der Waals surface area contributed by atoms with Gasteiger partial charge in [-0.2, -0.15) is 0 Å². The van der Waals surface area contributed by atoms with Gasteiger partial charge in [-0.15, -0.1) is 0 Å². The fourth-order valence-corrected chi connectivity index (χ4v) is 3.46. The molecule has 9 heteroatoms. The van der Waals surface area contributed by atoms with Gasteiger partial charge in [0, 0.05) is 22.7 Å². The van der Waals surface area contributed by atoms with Crippen molar-refractivity contribution in [3.8, 4) is 0 Å². The van der Waals surface area contributed by atoms with Gasteiger partial charge in [0.1, 0.15) is 17.9 Å². The van der Waals surface area contributed by atoms with Gasteiger partial charge in [0.05, 0.1) is 12.8 Å². The molecule has 1 aromatic carbocycles. The van der Waals surface area contributed by atoms with E-state index >= 15 is 0 Å². The zero-order valence-corrected chi connectivity index (χ0v) is 15.8. The number of carboxylic acids is 1. The summed E-state index contributed by atoms with van der Waals surface area (Å²) in [7, 11) is 0. The fraction of sp³-hybridized carbons (Fsp3) is 0.100. The molecule has 0 saturated carbocycles. The van der Waals surface area contributed by atoms with Crippen molar-refractivity contribution in [1.82, 2.24) is 14.8 Å². The number of carbonyl (C=O) groups is 3. The van der Waals surface area contributed by atoms with E-state index in [0.29, 0.717) is 16.8 Å². The van der Waals surface area contributed by atoms with Crippen molar-refractivity contribution in [1.29, 1.82) is 0 Å². The second kappa shape index (κ2) is 7.36. The molecule has 0 atom stereocenters. The van der Waals surface area contributed by atoms with E-state index in [1.54, 1.807) is 47.2 Å². The first-order valence-corrected chi connectivity index (χ1v) is 9.06. The SMILES string of the molecule is O=C(O)Cn1cc(/C=C2\C(=O)NC(=S)N(Cc3ccco3)C2=O)c2ccccc21. The maximum atomic E-state index is 13.0. The number of nitrogens with one attached hydrogen (secondary N) is 1. The number of aromatic nitrogens is 1. The van der Waals surface area contributed by atoms with E-state index in [2.05, 4.69) is 5.32 Å². The number of furan rings is 1. The Hall–Kier alpha value is -3.72. The summed E-state index contributed by atoms with van der Waals surface area (Å²) < 4.78 is 6.82. The zero-order valence-electron chi connectivity index (χ0n) is 15.0. The summed E-state index contributed by atoms with van der Waals surface area (Å²) in [6, 6.07) is 10.6. The summed E-state index contributed by atoms with van der Waals surface area (Å²) in [5, 5.41) is 12.4. The van der Waals surface area contributed by atoms with Crippen LogP contribution in [0.25, 0.3) is 17.0 Å². The molecule has 1 saturated heterocycles. The van der Waals surface area contributed by atoms with Crippen LogP contribution in [-0.2, 0) is 27.5 Å². The number of carboxylic acid groups (broad SMARTS) is 1. The number of hydrogen-bond acceptors (Lipinski definition) is 5. The topological polar surface area (TPSA) is 105 Å². The second-order valence-corrected chi connectivity index (χ2v) is 6.80. The molecular formula is C20H15N3O5S. The molecule has 2 N–H and O–H groups in total. The summed E-state index contributed by atoms with van der Waals surface area (Å²) in [5.74, 6) is -1.63. The highest BCUT2D eigenvalue weighted by molar-refractivity contribution is 7.80. The van der Waals surface area contributed by atoms with Crippen molar-refractivity contribution >= 4 is 52.1 Å². The standard InChI is InChI=1S/C20H15N3O5S/c24-17(25)11-22-9-12(14-5-1-2-6-16(14)22)8-15-18(26)21-20(29)23(19(15)27)10-13-4-3-7-28-13/h1-9H,10-11H2,(H,24,25)(H,21,26,29)/b15-8+. The number of carbonyl (C=O) groups excluding carboxylic acids is 2. The van der Waals surface area contributed by atoms with Crippen LogP contribution >= 0.6 is 12.2 Å². The van der Waals surface area contributed by atoms with E-state index in [1.165, 1.54) is 17.2 Å². The van der Waals surface area contributed by atoms with Gasteiger partial charge in [-0.05, 0) is 36.5 Å². The molecule has 1 fully saturated rings. The first-order valence-electron chi connectivity index (χ1n) is 8.65. The molecule has 0 unspecified atom stereocenters. The monoisotopic (exact) mass is 409 g/mol. The third-order valence-corrected chi connectivity index (χ3v) is 4.83. The highest BCUT2D eigenvalue weighted by Gasteiger charge is 2.34. The minimum atomic E-state index is -0.994. The van der Waals surface area contributed by atoms with Crippen LogP contribution in [0, 0.1) is 0 Å². The van der Waals surface area contributed by atoms with Gasteiger partial charge in [-0.3, -0.25) is 24.6 Å². The number of aliphatic carboxylic acids is 1. The number of nitrogens with zero attached hydrogens (tertiary/aromatic N) is 2. The van der Waals surface area contributed by atoms with Crippen LogP contribution in [-0.4, -0.2) is 37.5 Å². The van der Waals surface area contributed by atoms with E-state index in [4.69, 9.17) is 21.7 Å². The Morgan fingerprint density at radius 2 is 2.00 bits per heavy atom. The minimum Gasteiger partial charge on any atom is -0.480 e. The normalized spacial score (nSPS) is 15.9. The highest BCUT2D eigenvalue weighted by atomic mass is 32.1. The van der Waals surface area contributed by atoms with Crippen molar-refractivity contribution in [2.75, 3.05) is 0 Å². The van der Waals surface area contributed by atoms with E-state index in [9.17, 15) is 14.4 Å². The second-order valence-electron chi connectivity index (χ2n) is 6.41. The van der Waals surface area contributed by atoms with Crippen molar-refractivity contribution < 1.29 is 23.9 Å². The lowest BCUT2D eigenvalue weighted by Crippen LogP contribution is -2.53. The Morgan fingerprint density at radius 1 is 1.21 bits per heavy atom. The molecule has 8 nitrogen and oxygen atoms in total. The van der Waals surface area contributed by atoms with Crippen LogP contribution in [0.4, 0.5) is 0 Å². The molecule has 0 bridgehead atoms. The summed E-state index contributed by atoms with van der Waals surface area (Å²) in [6.45, 7) is -0.151. The Balaban J connectivity index is 1.74. The molecule has 29 heavy (non-hydrogen) atoms. The smallest absolute Gasteiger partial charge is 0.323 e. The van der Waals surface area contributed by atoms with Crippen molar-refractivity contribution in [3.63, 3.8) is 0 Å². The molecule has 1 aliphatic heterocycles. The molecule has 146 valence electrons. The molecule has 1 aliphatic rings. The number of amides is 2. The van der Waals surface area contributed by atoms with Crippen LogP contribution in [0.15, 0.2) is 58.8 Å². The molecule has 3 heterocycles. The predicted molar refractivity (Wildman–Crippen MR) is 108 cm³/mol. The van der Waals surface area contributed by atoms with Crippen LogP contribution in [0.1, 0.15) is 11.3 Å². The van der Waals surface area contributed by atoms with Crippen LogP contribution in [0.5, 0.6) is 0 Å². The van der Waals surface area contributed by atoms with Gasteiger partial charge < -0.3 is 14.1 Å². The summed E-state index contributed by atoms with van der Waals surface area (Å²) in [4.78, 5) is 37.8. The molecule has 0 radical (unpaired) electrons. The highest BCUT2D eigenvalue weighted by Crippen LogP contribution is 2.25. The van der Waals surface area contributed by atoms with Gasteiger partial charge in [-0.25, -0.2) is 0 Å². The zero-order chi connectivity index (χ0) is 20.5. The van der Waals surface area contributed by atoms with E-state index < -0.39 is 17.8 Å². The fourth-order valence-electron chi connectivity index (χ4n) is 3.22. The predicted octanol–water partition coefficient (Wildman–Crippen LogP) is 2.15. The summed E-state index contributed by atoms with van der Waals surface area (Å²) in [5.41, 5.74) is 1.16. The largest absolute Gasteiger partial charge is 0.480 e. The quantitative estimate of drug-likeness (QED) is 0.380. The maximum absolute atomic E-state index is 13.0. The number of rotatable bonds is 5. The molecule has 2 amide bonds. The third kappa shape index (κ3) is 3.55. The number of benzene rings is 1. The van der Waals surface area contributed by atoms with Gasteiger partial charge in [0.25, 0.3) is 11.8 Å². The average molecular weight is 409 g/mol. The first kappa shape index (κ1) is 18.6. The first-order chi connectivity index (χ1) is 13.9. The minimum absolute atomic E-state index is 0.00172. The van der Waals surface area contributed by atoms with Gasteiger partial charge in [0.15, 0.2) is 5.11 Å². The van der Waals surface area contributed by atoms with Gasteiger partial charge in [0.2, 0.25) is 0 Å². The van der Waals surface area contributed by atoms with Gasteiger partial charge >= 0.3 is 5.97 Å². The lowest BCUT2D eigenvalue weighted by molar-refractivity contribution is -0.137. The lowest BCUT2D eigenvalue weighted by atomic mass is 10.1. The molecule has 3 aromatic rings. The number of thiocarbonyl (C=S) groups is 1. The van der Waals surface area contributed by atoms with E-state index in [0.717, 1.165) is 5.39 Å². The molecule has 0 aliphatic carbocycles. The maximum Gasteiger partial charge on any atom is 0.323 e. The van der Waals surface area contributed by atoms with Crippen molar-refractivity contribution in [2.45, 2.75) is 13.1 Å². The molecule has 0 spiro atoms. The third-order valence-electron chi connectivity index (χ3n) is 4.50. The lowest BCUT2D eigenvalue weighted by Gasteiger charge is -2.28. The Kier molecular flexibility index (Phi) is 4.73. The van der Waals surface area contributed by atoms with E-state index in [-0.39, 0.29) is 23.8 Å². The van der Waals surface area contributed by atoms with Crippen LogP contribution < -0.4 is 5.32 Å². The summed E-state index contributed by atoms with van der Waals surface area (Å²) >= 11 is 5.14. The number of hydrogen-bond donors (Lipinski definition) is 2. The van der Waals surface area contributed by atoms with Gasteiger partial charge in [-0.1, -0.05) is 18.2 Å². The van der Waals surface area contributed by atoms with E-state index in [1.807, 2.05) is 0 Å². The Bertz CT molecular complexity index is 1180. The molecule has 2 aromatic heterocycles. The van der Waals surface area contributed by atoms with Crippen molar-refractivity contribution in [2.24, 2.45) is 0 Å². The number of fused-ring (bicyclic) bond motifs is 1. The molecular weight excluding hydrogens is 394 g/mol. The Labute approximate surface area is 170 Å². The Morgan fingerprint density at radius 3 is 2.72 bits per heavy atom. The number of para-hydroxylation sites is 1. The molecule has 4 rings (SSSR count).